The van der Waals surface area contributed by atoms with E-state index in [0.29, 0.717) is 29.2 Å². The highest BCUT2D eigenvalue weighted by atomic mass is 32.3. The first-order valence-corrected chi connectivity index (χ1v) is 14.3. The first kappa shape index (κ1) is 28.3. The van der Waals surface area contributed by atoms with E-state index in [1.165, 1.54) is 0 Å². The Bertz CT molecular complexity index is 1290. The number of carbonyl (C=O) groups is 1. The summed E-state index contributed by atoms with van der Waals surface area (Å²) in [5, 5.41) is 18.0. The number of carboxylic acid groups (broad SMARTS) is 1. The molecule has 3 N–H and O–H groups in total. The van der Waals surface area contributed by atoms with Crippen LogP contribution in [0.15, 0.2) is 53.6 Å². The number of fused-ring (bicyclic) bond motifs is 1. The van der Waals surface area contributed by atoms with Crippen molar-refractivity contribution in [2.75, 3.05) is 6.54 Å². The van der Waals surface area contributed by atoms with Crippen molar-refractivity contribution >= 4 is 16.7 Å². The molecule has 0 bridgehead atoms. The molecule has 38 heavy (non-hydrogen) atoms. The lowest BCUT2D eigenvalue weighted by Crippen LogP contribution is -2.33. The molecular weight excluding hydrogens is 504 g/mol. The Morgan fingerprint density at radius 1 is 1.24 bits per heavy atom. The number of aromatic nitrogens is 3. The largest absolute Gasteiger partial charge is 0.481 e. The second kappa shape index (κ2) is 11.2. The number of carboxylic acids is 1. The fourth-order valence-corrected chi connectivity index (χ4v) is 6.73. The molecule has 0 saturated heterocycles. The summed E-state index contributed by atoms with van der Waals surface area (Å²) < 4.78 is 32.5. The van der Waals surface area contributed by atoms with Gasteiger partial charge in [0.2, 0.25) is 0 Å². The van der Waals surface area contributed by atoms with Crippen molar-refractivity contribution in [3.63, 3.8) is 0 Å². The van der Waals surface area contributed by atoms with Crippen LogP contribution in [0, 0.1) is 18.3 Å². The van der Waals surface area contributed by atoms with E-state index in [2.05, 4.69) is 17.2 Å². The number of benzene rings is 2. The molecule has 0 saturated carbocycles. The summed E-state index contributed by atoms with van der Waals surface area (Å²) >= 11 is 0. The van der Waals surface area contributed by atoms with Crippen molar-refractivity contribution in [3.05, 3.63) is 76.6 Å². The van der Waals surface area contributed by atoms with Gasteiger partial charge in [0.15, 0.2) is 0 Å². The summed E-state index contributed by atoms with van der Waals surface area (Å²) in [6.07, 6.45) is 2.68. The topological polar surface area (TPSA) is 121 Å². The molecule has 0 amide bonds. The van der Waals surface area contributed by atoms with Crippen LogP contribution in [0.1, 0.15) is 61.2 Å². The molecule has 2 heterocycles. The van der Waals surface area contributed by atoms with Gasteiger partial charge in [-0.05, 0) is 61.4 Å². The minimum absolute atomic E-state index is 0.111. The lowest BCUT2D eigenvalue weighted by molar-refractivity contribution is -0.158. The maximum atomic E-state index is 12.2. The van der Waals surface area contributed by atoms with Crippen LogP contribution < -0.4 is 0 Å². The molecule has 1 aliphatic heterocycles. The normalized spacial score (nSPS) is 19.4. The van der Waals surface area contributed by atoms with E-state index in [1.54, 1.807) is 36.1 Å². The Hall–Kier alpha value is -2.76. The molecule has 1 aliphatic rings. The van der Waals surface area contributed by atoms with E-state index in [1.807, 2.05) is 49.4 Å². The maximum Gasteiger partial charge on any atom is 0.312 e. The summed E-state index contributed by atoms with van der Waals surface area (Å²) in [6, 6.07) is 13.3. The van der Waals surface area contributed by atoms with Crippen molar-refractivity contribution in [2.45, 2.75) is 64.7 Å². The summed E-state index contributed by atoms with van der Waals surface area (Å²) in [6.45, 7) is 8.36. The van der Waals surface area contributed by atoms with E-state index in [9.17, 15) is 19.0 Å². The third kappa shape index (κ3) is 5.79. The summed E-state index contributed by atoms with van der Waals surface area (Å²) in [4.78, 5) is 12.8. The molecule has 0 spiro atoms. The smallest absolute Gasteiger partial charge is 0.312 e. The molecule has 206 valence electrons. The van der Waals surface area contributed by atoms with Gasteiger partial charge in [-0.15, -0.1) is 15.9 Å². The van der Waals surface area contributed by atoms with Crippen molar-refractivity contribution in [2.24, 2.45) is 18.4 Å². The minimum atomic E-state index is -3.21. The van der Waals surface area contributed by atoms with Crippen molar-refractivity contribution < 1.29 is 23.7 Å². The molecule has 2 aromatic carbocycles. The first-order chi connectivity index (χ1) is 17.9. The van der Waals surface area contributed by atoms with Gasteiger partial charge in [0.1, 0.15) is 5.69 Å². The quantitative estimate of drug-likeness (QED) is 0.319. The Morgan fingerprint density at radius 3 is 2.63 bits per heavy atom. The van der Waals surface area contributed by atoms with E-state index in [-0.39, 0.29) is 12.5 Å². The predicted molar refractivity (Wildman–Crippen MR) is 147 cm³/mol. The molecule has 3 aromatic rings. The minimum Gasteiger partial charge on any atom is -0.481 e. The Kier molecular flexibility index (Phi) is 8.29. The highest BCUT2D eigenvalue weighted by Gasteiger charge is 2.40. The lowest BCUT2D eigenvalue weighted by atomic mass is 9.81. The van der Waals surface area contributed by atoms with Crippen LogP contribution >= 0.6 is 10.8 Å². The molecule has 4 rings (SSSR count). The van der Waals surface area contributed by atoms with E-state index >= 15 is 0 Å². The van der Waals surface area contributed by atoms with Crippen LogP contribution in [0.25, 0.3) is 0 Å². The fourth-order valence-electron chi connectivity index (χ4n) is 4.95. The van der Waals surface area contributed by atoms with Crippen LogP contribution in [0.2, 0.25) is 0 Å². The van der Waals surface area contributed by atoms with E-state index in [4.69, 9.17) is 4.74 Å². The standard InChI is InChI=1S/C28H38N4O5S/c1-6-20-13-21-9-7-8-10-25(21)38(35,36)32(15-20)16-23-14-22(12-11-19(23)2)26(28(3,4)27(33)34)37-18-24-17-31(5)30-29-24/h7-12,14,17,20,26,35-36H,6,13,15-16,18H2,1-5H3,(H,33,34). The number of hydrogen-bond donors (Lipinski definition) is 3. The van der Waals surface area contributed by atoms with Crippen LogP contribution in [-0.4, -0.2) is 46.0 Å². The summed E-state index contributed by atoms with van der Waals surface area (Å²) in [5.74, 6) is -0.699. The number of nitrogens with zero attached hydrogens (tertiary/aromatic N) is 4. The number of aryl methyl sites for hydroxylation is 2. The average molecular weight is 543 g/mol. The maximum absolute atomic E-state index is 12.2. The number of ether oxygens (including phenoxy) is 1. The molecule has 0 fully saturated rings. The van der Waals surface area contributed by atoms with Crippen LogP contribution in [-0.2, 0) is 36.2 Å². The van der Waals surface area contributed by atoms with Crippen LogP contribution in [0.3, 0.4) is 0 Å². The Morgan fingerprint density at radius 2 is 1.97 bits per heavy atom. The zero-order valence-corrected chi connectivity index (χ0v) is 23.5. The van der Waals surface area contributed by atoms with Gasteiger partial charge in [-0.25, -0.2) is 0 Å². The van der Waals surface area contributed by atoms with Crippen molar-refractivity contribution in [1.29, 1.82) is 0 Å². The zero-order chi connectivity index (χ0) is 27.7. The first-order valence-electron chi connectivity index (χ1n) is 12.8. The lowest BCUT2D eigenvalue weighted by Gasteiger charge is -2.43. The van der Waals surface area contributed by atoms with Gasteiger partial charge in [0.25, 0.3) is 0 Å². The molecule has 1 aromatic heterocycles. The van der Waals surface area contributed by atoms with Crippen molar-refractivity contribution in [3.8, 4) is 0 Å². The average Bonchev–Trinajstić information content (AvgIpc) is 3.25. The van der Waals surface area contributed by atoms with Gasteiger partial charge in [-0.3, -0.25) is 18.6 Å². The van der Waals surface area contributed by atoms with Gasteiger partial charge in [-0.1, -0.05) is 55.0 Å². The van der Waals surface area contributed by atoms with Gasteiger partial charge in [0, 0.05) is 20.1 Å². The monoisotopic (exact) mass is 542 g/mol. The summed E-state index contributed by atoms with van der Waals surface area (Å²) in [7, 11) is -1.45. The van der Waals surface area contributed by atoms with Gasteiger partial charge < -0.3 is 9.84 Å². The number of aliphatic carboxylic acids is 1. The van der Waals surface area contributed by atoms with Gasteiger partial charge in [0.05, 0.1) is 29.2 Å². The Balaban J connectivity index is 1.68. The zero-order valence-electron chi connectivity index (χ0n) is 22.7. The summed E-state index contributed by atoms with van der Waals surface area (Å²) in [5.41, 5.74) is 2.94. The third-order valence-corrected chi connectivity index (χ3v) is 9.44. The van der Waals surface area contributed by atoms with Gasteiger partial charge in [-0.2, -0.15) is 4.31 Å². The molecule has 0 aliphatic carbocycles. The third-order valence-electron chi connectivity index (χ3n) is 7.45. The second-order valence-electron chi connectivity index (χ2n) is 10.7. The Labute approximate surface area is 225 Å². The van der Waals surface area contributed by atoms with E-state index < -0.39 is 28.3 Å². The fraction of sp³-hybridized carbons (Fsp3) is 0.464. The van der Waals surface area contributed by atoms with Crippen LogP contribution in [0.4, 0.5) is 0 Å². The molecule has 9 nitrogen and oxygen atoms in total. The molecule has 2 unspecified atom stereocenters. The SMILES string of the molecule is CCC1Cc2ccccc2S(O)(O)N(Cc2cc(C(OCc3cn(C)nn3)C(C)(C)C(=O)O)ccc2C)C1. The van der Waals surface area contributed by atoms with Crippen LogP contribution in [0.5, 0.6) is 0 Å². The second-order valence-corrected chi connectivity index (χ2v) is 12.7. The highest BCUT2D eigenvalue weighted by Crippen LogP contribution is 2.56. The van der Waals surface area contributed by atoms with Gasteiger partial charge >= 0.3 is 5.97 Å². The highest BCUT2D eigenvalue weighted by molar-refractivity contribution is 8.22. The number of hydrogen-bond acceptors (Lipinski definition) is 7. The predicted octanol–water partition coefficient (Wildman–Crippen LogP) is 5.60. The number of rotatable bonds is 9. The van der Waals surface area contributed by atoms with E-state index in [0.717, 1.165) is 29.5 Å². The molecule has 10 heteroatoms. The van der Waals surface area contributed by atoms with Crippen molar-refractivity contribution in [1.82, 2.24) is 19.3 Å². The molecule has 2 atom stereocenters. The molecular formula is C28H38N4O5S. The molecule has 0 radical (unpaired) electrons.